The van der Waals surface area contributed by atoms with Crippen molar-refractivity contribution in [2.24, 2.45) is 0 Å². The number of nitrogens with one attached hydrogen (secondary N) is 1. The summed E-state index contributed by atoms with van der Waals surface area (Å²) < 4.78 is 5.09. The van der Waals surface area contributed by atoms with E-state index in [1.165, 1.54) is 16.7 Å². The molecular formula is C18H22N2O5S. The molecule has 2 aliphatic rings. The fourth-order valence-corrected chi connectivity index (χ4v) is 5.00. The van der Waals surface area contributed by atoms with Crippen LogP contribution in [0.1, 0.15) is 27.2 Å². The molecule has 0 saturated carbocycles. The lowest BCUT2D eigenvalue weighted by Gasteiger charge is -2.43. The van der Waals surface area contributed by atoms with Crippen LogP contribution in [0.5, 0.6) is 5.75 Å². The number of ether oxygens (including phenoxy) is 1. The molecule has 0 bridgehead atoms. The van der Waals surface area contributed by atoms with Crippen molar-refractivity contribution in [2.45, 2.75) is 55.5 Å². The molecule has 0 aliphatic carbocycles. The highest BCUT2D eigenvalue weighted by Crippen LogP contribution is 2.50. The van der Waals surface area contributed by atoms with E-state index in [1.807, 2.05) is 25.1 Å². The SMILES string of the molecule is CC[C@H](Oc1ccccc1)C(=O)N[C@H]1C(=O)N2[C@@H]1SC(C)(C)[C@H]2C(=O)O. The van der Waals surface area contributed by atoms with Crippen LogP contribution < -0.4 is 10.1 Å². The van der Waals surface area contributed by atoms with E-state index in [0.29, 0.717) is 12.2 Å². The van der Waals surface area contributed by atoms with Gasteiger partial charge in [-0.25, -0.2) is 4.79 Å². The monoisotopic (exact) mass is 378 g/mol. The first-order valence-corrected chi connectivity index (χ1v) is 9.39. The largest absolute Gasteiger partial charge is 0.481 e. The maximum Gasteiger partial charge on any atom is 0.327 e. The lowest BCUT2D eigenvalue weighted by Crippen LogP contribution is -2.71. The van der Waals surface area contributed by atoms with Gasteiger partial charge < -0.3 is 20.1 Å². The molecule has 2 fully saturated rings. The van der Waals surface area contributed by atoms with Crippen LogP contribution in [0, 0.1) is 0 Å². The van der Waals surface area contributed by atoms with Crippen molar-refractivity contribution in [1.29, 1.82) is 0 Å². The summed E-state index contributed by atoms with van der Waals surface area (Å²) in [6, 6.07) is 7.41. The van der Waals surface area contributed by atoms with Crippen molar-refractivity contribution in [3.05, 3.63) is 30.3 Å². The quantitative estimate of drug-likeness (QED) is 0.728. The van der Waals surface area contributed by atoms with Crippen LogP contribution >= 0.6 is 11.8 Å². The summed E-state index contributed by atoms with van der Waals surface area (Å²) in [5.74, 6) is -1.17. The summed E-state index contributed by atoms with van der Waals surface area (Å²) in [6.45, 7) is 5.43. The Bertz CT molecular complexity index is 724. The maximum absolute atomic E-state index is 12.6. The predicted molar refractivity (Wildman–Crippen MR) is 96.8 cm³/mol. The number of carbonyl (C=O) groups excluding carboxylic acids is 2. The zero-order valence-electron chi connectivity index (χ0n) is 14.8. The number of benzene rings is 1. The molecule has 1 aromatic carbocycles. The van der Waals surface area contributed by atoms with E-state index in [-0.39, 0.29) is 17.2 Å². The molecule has 2 N–H and O–H groups in total. The third-order valence-corrected chi connectivity index (χ3v) is 6.23. The van der Waals surface area contributed by atoms with Crippen LogP contribution in [0.2, 0.25) is 0 Å². The van der Waals surface area contributed by atoms with Crippen molar-refractivity contribution in [3.63, 3.8) is 0 Å². The lowest BCUT2D eigenvalue weighted by molar-refractivity contribution is -0.161. The van der Waals surface area contributed by atoms with Gasteiger partial charge in [0.05, 0.1) is 0 Å². The standard InChI is InChI=1S/C18H22N2O5S/c1-4-11(25-10-8-6-5-7-9-10)14(21)19-12-15(22)20-13(17(23)24)18(2,3)26-16(12)20/h5-9,11-13,16H,4H2,1-3H3,(H,19,21)(H,23,24)/t11-,12-,13+,16+/m0/s1. The van der Waals surface area contributed by atoms with E-state index in [1.54, 1.807) is 26.0 Å². The van der Waals surface area contributed by atoms with E-state index >= 15 is 0 Å². The summed E-state index contributed by atoms with van der Waals surface area (Å²) in [7, 11) is 0. The molecule has 8 heteroatoms. The Morgan fingerprint density at radius 3 is 2.58 bits per heavy atom. The minimum Gasteiger partial charge on any atom is -0.481 e. The number of aliphatic carboxylic acids is 1. The van der Waals surface area contributed by atoms with Gasteiger partial charge in [-0.1, -0.05) is 25.1 Å². The van der Waals surface area contributed by atoms with Crippen molar-refractivity contribution in [2.75, 3.05) is 0 Å². The molecule has 7 nitrogen and oxygen atoms in total. The normalized spacial score (nSPS) is 27.3. The molecule has 2 aliphatic heterocycles. The Labute approximate surface area is 156 Å². The van der Waals surface area contributed by atoms with Crippen LogP contribution in [0.4, 0.5) is 0 Å². The molecule has 0 aromatic heterocycles. The number of β-lactam (4-membered cyclic amide) rings is 1. The van der Waals surface area contributed by atoms with Crippen molar-refractivity contribution in [3.8, 4) is 5.75 Å². The summed E-state index contributed by atoms with van der Waals surface area (Å²) >= 11 is 1.40. The number of hydrogen-bond donors (Lipinski definition) is 2. The molecule has 0 spiro atoms. The maximum atomic E-state index is 12.6. The average molecular weight is 378 g/mol. The number of amides is 2. The second-order valence-corrected chi connectivity index (χ2v) is 8.68. The summed E-state index contributed by atoms with van der Waals surface area (Å²) in [5.41, 5.74) is 0. The second-order valence-electron chi connectivity index (χ2n) is 6.91. The predicted octanol–water partition coefficient (Wildman–Crippen LogP) is 1.48. The zero-order chi connectivity index (χ0) is 19.1. The molecule has 4 atom stereocenters. The zero-order valence-corrected chi connectivity index (χ0v) is 15.7. The number of para-hydroxylation sites is 1. The van der Waals surface area contributed by atoms with Gasteiger partial charge in [-0.2, -0.15) is 0 Å². The van der Waals surface area contributed by atoms with Crippen molar-refractivity contribution >= 4 is 29.5 Å². The van der Waals surface area contributed by atoms with E-state index < -0.39 is 28.9 Å². The highest BCUT2D eigenvalue weighted by Gasteiger charge is 2.64. The number of nitrogens with zero attached hydrogens (tertiary/aromatic N) is 1. The van der Waals surface area contributed by atoms with Gasteiger partial charge in [0, 0.05) is 4.75 Å². The topological polar surface area (TPSA) is 95.9 Å². The van der Waals surface area contributed by atoms with Crippen LogP contribution in [0.3, 0.4) is 0 Å². The molecule has 3 rings (SSSR count). The summed E-state index contributed by atoms with van der Waals surface area (Å²) in [5, 5.41) is 11.8. The fourth-order valence-electron chi connectivity index (χ4n) is 3.38. The highest BCUT2D eigenvalue weighted by molar-refractivity contribution is 8.01. The summed E-state index contributed by atoms with van der Waals surface area (Å²) in [4.78, 5) is 37.9. The first kappa shape index (κ1) is 18.6. The second kappa shape index (κ2) is 6.83. The Balaban J connectivity index is 1.67. The number of carboxylic acids is 1. The molecule has 0 unspecified atom stereocenters. The number of carboxylic acid groups (broad SMARTS) is 1. The molecule has 140 valence electrons. The molecule has 1 aromatic rings. The van der Waals surface area contributed by atoms with Gasteiger partial charge in [-0.05, 0) is 32.4 Å². The third-order valence-electron chi connectivity index (χ3n) is 4.66. The van der Waals surface area contributed by atoms with E-state index in [0.717, 1.165) is 0 Å². The average Bonchev–Trinajstić information content (AvgIpc) is 2.86. The number of thioether (sulfide) groups is 1. The number of rotatable bonds is 6. The van der Waals surface area contributed by atoms with Crippen LogP contribution in [0.25, 0.3) is 0 Å². The highest BCUT2D eigenvalue weighted by atomic mass is 32.2. The van der Waals surface area contributed by atoms with E-state index in [4.69, 9.17) is 4.74 Å². The van der Waals surface area contributed by atoms with Crippen LogP contribution in [-0.2, 0) is 14.4 Å². The first-order valence-electron chi connectivity index (χ1n) is 8.51. The Morgan fingerprint density at radius 2 is 2.00 bits per heavy atom. The van der Waals surface area contributed by atoms with Gasteiger partial charge in [0.25, 0.3) is 5.91 Å². The number of carbonyl (C=O) groups is 3. The van der Waals surface area contributed by atoms with Gasteiger partial charge in [0.15, 0.2) is 6.10 Å². The lowest BCUT2D eigenvalue weighted by atomic mass is 9.96. The first-order chi connectivity index (χ1) is 12.3. The summed E-state index contributed by atoms with van der Waals surface area (Å²) in [6.07, 6.45) is -0.263. The molecule has 2 heterocycles. The van der Waals surface area contributed by atoms with E-state index in [9.17, 15) is 19.5 Å². The number of hydrogen-bond acceptors (Lipinski definition) is 5. The fraction of sp³-hybridized carbons (Fsp3) is 0.500. The molecule has 26 heavy (non-hydrogen) atoms. The van der Waals surface area contributed by atoms with E-state index in [2.05, 4.69) is 5.32 Å². The minimum atomic E-state index is -1.03. The number of fused-ring (bicyclic) bond motifs is 1. The molecule has 2 amide bonds. The van der Waals surface area contributed by atoms with Gasteiger partial charge in [-0.15, -0.1) is 11.8 Å². The smallest absolute Gasteiger partial charge is 0.327 e. The van der Waals surface area contributed by atoms with Crippen molar-refractivity contribution < 1.29 is 24.2 Å². The van der Waals surface area contributed by atoms with Gasteiger partial charge >= 0.3 is 5.97 Å². The Hall–Kier alpha value is -2.22. The Kier molecular flexibility index (Phi) is 4.88. The molecule has 2 saturated heterocycles. The van der Waals surface area contributed by atoms with Gasteiger partial charge in [0.1, 0.15) is 23.2 Å². The van der Waals surface area contributed by atoms with Gasteiger partial charge in [0.2, 0.25) is 5.91 Å². The van der Waals surface area contributed by atoms with Crippen LogP contribution in [-0.4, -0.2) is 56.1 Å². The van der Waals surface area contributed by atoms with Crippen molar-refractivity contribution in [1.82, 2.24) is 10.2 Å². The third kappa shape index (κ3) is 3.13. The van der Waals surface area contributed by atoms with Gasteiger partial charge in [-0.3, -0.25) is 9.59 Å². The Morgan fingerprint density at radius 1 is 1.35 bits per heavy atom. The molecular weight excluding hydrogens is 356 g/mol. The minimum absolute atomic E-state index is 0.358. The van der Waals surface area contributed by atoms with Crippen LogP contribution in [0.15, 0.2) is 30.3 Å². The molecule has 0 radical (unpaired) electrons.